The Morgan fingerprint density at radius 1 is 0.905 bits per heavy atom. The molecule has 3 aromatic rings. The van der Waals surface area contributed by atoms with Gasteiger partial charge in [0.1, 0.15) is 5.75 Å². The highest BCUT2D eigenvalue weighted by Gasteiger charge is 2.05. The van der Waals surface area contributed by atoms with Gasteiger partial charge in [-0.25, -0.2) is 0 Å². The number of benzene rings is 3. The van der Waals surface area contributed by atoms with E-state index in [9.17, 15) is 5.11 Å². The summed E-state index contributed by atoms with van der Waals surface area (Å²) in [5, 5.41) is 16.3. The summed E-state index contributed by atoms with van der Waals surface area (Å²) in [7, 11) is 0. The molecule has 0 aliphatic rings. The van der Waals surface area contributed by atoms with Gasteiger partial charge in [-0.2, -0.15) is 0 Å². The normalized spacial score (nSPS) is 10.8. The summed E-state index contributed by atoms with van der Waals surface area (Å²) in [4.78, 5) is 0. The van der Waals surface area contributed by atoms with E-state index in [4.69, 9.17) is 23.2 Å². The minimum absolute atomic E-state index is 0.278. The molecule has 0 atom stereocenters. The molecule has 4 heteroatoms. The lowest BCUT2D eigenvalue weighted by Gasteiger charge is -2.11. The van der Waals surface area contributed by atoms with Gasteiger partial charge in [0.15, 0.2) is 0 Å². The SMILES string of the molecule is Oc1cccc2c(NCc3ccc(Cl)cc3Cl)cccc12. The van der Waals surface area contributed by atoms with Crippen LogP contribution in [0.5, 0.6) is 5.75 Å². The number of phenols is 1. The first-order chi connectivity index (χ1) is 10.1. The Bertz CT molecular complexity index is 802. The van der Waals surface area contributed by atoms with E-state index in [0.717, 1.165) is 22.0 Å². The number of halogens is 2. The third-order valence-corrected chi connectivity index (χ3v) is 3.97. The predicted octanol–water partition coefficient (Wildman–Crippen LogP) is 5.46. The molecule has 0 aromatic heterocycles. The lowest BCUT2D eigenvalue weighted by atomic mass is 10.1. The number of aromatic hydroxyl groups is 1. The topological polar surface area (TPSA) is 32.3 Å². The molecular formula is C17H13Cl2NO. The zero-order valence-corrected chi connectivity index (χ0v) is 12.6. The molecule has 0 saturated heterocycles. The monoisotopic (exact) mass is 317 g/mol. The van der Waals surface area contributed by atoms with Gasteiger partial charge in [-0.1, -0.05) is 53.5 Å². The molecule has 21 heavy (non-hydrogen) atoms. The van der Waals surface area contributed by atoms with Crippen LogP contribution >= 0.6 is 23.2 Å². The van der Waals surface area contributed by atoms with Crippen LogP contribution in [0.15, 0.2) is 54.6 Å². The van der Waals surface area contributed by atoms with Crippen LogP contribution in [0.3, 0.4) is 0 Å². The molecule has 0 saturated carbocycles. The molecule has 0 aliphatic carbocycles. The predicted molar refractivity (Wildman–Crippen MR) is 89.4 cm³/mol. The number of hydrogen-bond donors (Lipinski definition) is 2. The van der Waals surface area contributed by atoms with Crippen LogP contribution < -0.4 is 5.32 Å². The molecular weight excluding hydrogens is 305 g/mol. The molecule has 0 radical (unpaired) electrons. The van der Waals surface area contributed by atoms with Crippen molar-refractivity contribution in [1.29, 1.82) is 0 Å². The number of fused-ring (bicyclic) bond motifs is 1. The van der Waals surface area contributed by atoms with Gasteiger partial charge in [-0.15, -0.1) is 0 Å². The second kappa shape index (κ2) is 5.84. The van der Waals surface area contributed by atoms with Crippen LogP contribution in [0.25, 0.3) is 10.8 Å². The first-order valence-electron chi connectivity index (χ1n) is 6.53. The van der Waals surface area contributed by atoms with Crippen LogP contribution in [0.4, 0.5) is 5.69 Å². The number of rotatable bonds is 3. The molecule has 0 bridgehead atoms. The van der Waals surface area contributed by atoms with Crippen molar-refractivity contribution in [2.24, 2.45) is 0 Å². The van der Waals surface area contributed by atoms with E-state index in [2.05, 4.69) is 5.32 Å². The van der Waals surface area contributed by atoms with E-state index < -0.39 is 0 Å². The van der Waals surface area contributed by atoms with Crippen LogP contribution in [0.1, 0.15) is 5.56 Å². The van der Waals surface area contributed by atoms with Gasteiger partial charge < -0.3 is 10.4 Å². The van der Waals surface area contributed by atoms with Crippen molar-refractivity contribution >= 4 is 39.7 Å². The second-order valence-corrected chi connectivity index (χ2v) is 5.61. The molecule has 2 N–H and O–H groups in total. The summed E-state index contributed by atoms with van der Waals surface area (Å²) < 4.78 is 0. The molecule has 106 valence electrons. The largest absolute Gasteiger partial charge is 0.507 e. The average molecular weight is 318 g/mol. The Morgan fingerprint density at radius 2 is 1.67 bits per heavy atom. The summed E-state index contributed by atoms with van der Waals surface area (Å²) in [6, 6.07) is 16.7. The van der Waals surface area contributed by atoms with Gasteiger partial charge in [0.05, 0.1) is 0 Å². The number of nitrogens with one attached hydrogen (secondary N) is 1. The van der Waals surface area contributed by atoms with Gasteiger partial charge in [-0.3, -0.25) is 0 Å². The quantitative estimate of drug-likeness (QED) is 0.671. The summed E-state index contributed by atoms with van der Waals surface area (Å²) >= 11 is 12.1. The summed E-state index contributed by atoms with van der Waals surface area (Å²) in [5.41, 5.74) is 1.92. The van der Waals surface area contributed by atoms with Crippen molar-refractivity contribution in [1.82, 2.24) is 0 Å². The molecule has 0 unspecified atom stereocenters. The van der Waals surface area contributed by atoms with E-state index in [1.807, 2.05) is 42.5 Å². The molecule has 0 spiro atoms. The van der Waals surface area contributed by atoms with E-state index in [1.54, 1.807) is 12.1 Å². The molecule has 0 aliphatic heterocycles. The number of hydrogen-bond acceptors (Lipinski definition) is 2. The van der Waals surface area contributed by atoms with Crippen LogP contribution in [0.2, 0.25) is 10.0 Å². The number of phenolic OH excluding ortho intramolecular Hbond substituents is 1. The van der Waals surface area contributed by atoms with Gasteiger partial charge in [0.2, 0.25) is 0 Å². The molecule has 2 nitrogen and oxygen atoms in total. The smallest absolute Gasteiger partial charge is 0.123 e. The minimum atomic E-state index is 0.278. The standard InChI is InChI=1S/C17H13Cl2NO/c18-12-8-7-11(15(19)9-12)10-20-16-5-1-4-14-13(16)3-2-6-17(14)21/h1-9,20-21H,10H2. The molecule has 0 heterocycles. The van der Waals surface area contributed by atoms with Crippen molar-refractivity contribution in [3.63, 3.8) is 0 Å². The summed E-state index contributed by atoms with van der Waals surface area (Å²) in [6.45, 7) is 0.588. The maximum Gasteiger partial charge on any atom is 0.123 e. The fourth-order valence-corrected chi connectivity index (χ4v) is 2.78. The molecule has 3 rings (SSSR count). The molecule has 0 amide bonds. The van der Waals surface area contributed by atoms with E-state index in [1.165, 1.54) is 0 Å². The van der Waals surface area contributed by atoms with Crippen LogP contribution in [-0.2, 0) is 6.54 Å². The van der Waals surface area contributed by atoms with E-state index in [0.29, 0.717) is 16.6 Å². The Hall–Kier alpha value is -1.90. The lowest BCUT2D eigenvalue weighted by Crippen LogP contribution is -2.00. The maximum atomic E-state index is 9.89. The lowest BCUT2D eigenvalue weighted by molar-refractivity contribution is 0.481. The fourth-order valence-electron chi connectivity index (χ4n) is 2.30. The van der Waals surface area contributed by atoms with Crippen molar-refractivity contribution in [2.45, 2.75) is 6.54 Å². The van der Waals surface area contributed by atoms with Crippen molar-refractivity contribution in [2.75, 3.05) is 5.32 Å². The average Bonchev–Trinajstić information content (AvgIpc) is 2.47. The highest BCUT2D eigenvalue weighted by molar-refractivity contribution is 6.35. The fraction of sp³-hybridized carbons (Fsp3) is 0.0588. The van der Waals surface area contributed by atoms with E-state index in [-0.39, 0.29) is 5.75 Å². The van der Waals surface area contributed by atoms with Gasteiger partial charge in [0, 0.05) is 33.0 Å². The molecule has 3 aromatic carbocycles. The first kappa shape index (κ1) is 14.1. The maximum absolute atomic E-state index is 9.89. The Kier molecular flexibility index (Phi) is 3.91. The zero-order valence-electron chi connectivity index (χ0n) is 11.1. The second-order valence-electron chi connectivity index (χ2n) is 4.77. The van der Waals surface area contributed by atoms with Crippen molar-refractivity contribution in [3.8, 4) is 5.75 Å². The third-order valence-electron chi connectivity index (χ3n) is 3.38. The number of anilines is 1. The van der Waals surface area contributed by atoms with Crippen molar-refractivity contribution < 1.29 is 5.11 Å². The third kappa shape index (κ3) is 2.92. The minimum Gasteiger partial charge on any atom is -0.507 e. The Labute approximate surface area is 132 Å². The highest BCUT2D eigenvalue weighted by Crippen LogP contribution is 2.30. The van der Waals surface area contributed by atoms with Crippen LogP contribution in [-0.4, -0.2) is 5.11 Å². The first-order valence-corrected chi connectivity index (χ1v) is 7.29. The van der Waals surface area contributed by atoms with Crippen LogP contribution in [0, 0.1) is 0 Å². The van der Waals surface area contributed by atoms with E-state index >= 15 is 0 Å². The van der Waals surface area contributed by atoms with Gasteiger partial charge in [0.25, 0.3) is 0 Å². The highest BCUT2D eigenvalue weighted by atomic mass is 35.5. The molecule has 0 fully saturated rings. The van der Waals surface area contributed by atoms with Gasteiger partial charge >= 0.3 is 0 Å². The van der Waals surface area contributed by atoms with Gasteiger partial charge in [-0.05, 0) is 29.8 Å². The zero-order chi connectivity index (χ0) is 14.8. The summed E-state index contributed by atoms with van der Waals surface area (Å²) in [6.07, 6.45) is 0. The van der Waals surface area contributed by atoms with Crippen molar-refractivity contribution in [3.05, 3.63) is 70.2 Å². The summed E-state index contributed by atoms with van der Waals surface area (Å²) in [5.74, 6) is 0.278. The Balaban J connectivity index is 1.90. The Morgan fingerprint density at radius 3 is 2.48 bits per heavy atom.